The van der Waals surface area contributed by atoms with Gasteiger partial charge in [0.25, 0.3) is 0 Å². The number of carbonyl (C=O) groups is 1. The van der Waals surface area contributed by atoms with E-state index in [0.29, 0.717) is 12.6 Å². The van der Waals surface area contributed by atoms with E-state index < -0.39 is 0 Å². The number of aromatic nitrogens is 1. The molecule has 2 aromatic rings. The predicted octanol–water partition coefficient (Wildman–Crippen LogP) is 2.12. The van der Waals surface area contributed by atoms with E-state index >= 15 is 0 Å². The third kappa shape index (κ3) is 2.97. The van der Waals surface area contributed by atoms with E-state index in [-0.39, 0.29) is 17.9 Å². The molecule has 0 radical (unpaired) electrons. The standard InChI is InChI=1S/C19H24N4O/c24-19(17-14-20-21-18(17)15-6-2-1-3-7-15)23-12-8-16(9-13-23)22-10-4-5-11-22/h1-7,10-11,16-18,20-21H,8-9,12-14H2. The second kappa shape index (κ2) is 6.79. The monoisotopic (exact) mass is 324 g/mol. The van der Waals surface area contributed by atoms with E-state index in [1.54, 1.807) is 0 Å². The molecule has 2 aliphatic rings. The molecule has 3 heterocycles. The van der Waals surface area contributed by atoms with Gasteiger partial charge >= 0.3 is 0 Å². The molecule has 2 atom stereocenters. The van der Waals surface area contributed by atoms with Crippen molar-refractivity contribution in [1.29, 1.82) is 0 Å². The van der Waals surface area contributed by atoms with Crippen LogP contribution < -0.4 is 10.9 Å². The fourth-order valence-electron chi connectivity index (χ4n) is 3.91. The van der Waals surface area contributed by atoms with Gasteiger partial charge in [-0.05, 0) is 30.5 Å². The number of hydrogen-bond acceptors (Lipinski definition) is 3. The van der Waals surface area contributed by atoms with Gasteiger partial charge in [-0.1, -0.05) is 30.3 Å². The lowest BCUT2D eigenvalue weighted by molar-refractivity contribution is -0.136. The minimum Gasteiger partial charge on any atom is -0.351 e. The van der Waals surface area contributed by atoms with E-state index in [1.807, 2.05) is 18.2 Å². The van der Waals surface area contributed by atoms with Crippen LogP contribution in [0.1, 0.15) is 30.5 Å². The molecule has 5 nitrogen and oxygen atoms in total. The van der Waals surface area contributed by atoms with Crippen LogP contribution in [0.2, 0.25) is 0 Å². The van der Waals surface area contributed by atoms with Crippen LogP contribution in [0.15, 0.2) is 54.9 Å². The fourth-order valence-corrected chi connectivity index (χ4v) is 3.91. The Morgan fingerprint density at radius 1 is 1.00 bits per heavy atom. The third-order valence-electron chi connectivity index (χ3n) is 5.28. The average molecular weight is 324 g/mol. The zero-order chi connectivity index (χ0) is 16.4. The Morgan fingerprint density at radius 3 is 2.42 bits per heavy atom. The quantitative estimate of drug-likeness (QED) is 0.909. The largest absolute Gasteiger partial charge is 0.351 e. The molecule has 0 spiro atoms. The predicted molar refractivity (Wildman–Crippen MR) is 93.1 cm³/mol. The molecule has 2 fully saturated rings. The average Bonchev–Trinajstić information content (AvgIpc) is 3.34. The van der Waals surface area contributed by atoms with Gasteiger partial charge in [-0.2, -0.15) is 0 Å². The maximum Gasteiger partial charge on any atom is 0.229 e. The topological polar surface area (TPSA) is 49.3 Å². The summed E-state index contributed by atoms with van der Waals surface area (Å²) < 4.78 is 2.27. The number of benzene rings is 1. The van der Waals surface area contributed by atoms with Gasteiger partial charge in [0, 0.05) is 38.1 Å². The van der Waals surface area contributed by atoms with E-state index in [0.717, 1.165) is 25.9 Å². The summed E-state index contributed by atoms with van der Waals surface area (Å²) in [6, 6.07) is 14.9. The van der Waals surface area contributed by atoms with Crippen LogP contribution in [0.5, 0.6) is 0 Å². The number of rotatable bonds is 3. The van der Waals surface area contributed by atoms with Crippen molar-refractivity contribution < 1.29 is 4.79 Å². The Morgan fingerprint density at radius 2 is 1.71 bits per heavy atom. The molecular weight excluding hydrogens is 300 g/mol. The van der Waals surface area contributed by atoms with Crippen LogP contribution in [0.25, 0.3) is 0 Å². The van der Waals surface area contributed by atoms with Crippen molar-refractivity contribution in [2.75, 3.05) is 19.6 Å². The summed E-state index contributed by atoms with van der Waals surface area (Å²) in [5.41, 5.74) is 7.61. The number of piperidine rings is 1. The minimum atomic E-state index is -0.0319. The van der Waals surface area contributed by atoms with E-state index in [2.05, 4.69) is 57.0 Å². The van der Waals surface area contributed by atoms with Crippen molar-refractivity contribution in [3.8, 4) is 0 Å². The van der Waals surface area contributed by atoms with Gasteiger partial charge in [0.2, 0.25) is 5.91 Å². The summed E-state index contributed by atoms with van der Waals surface area (Å²) in [6.45, 7) is 2.38. The van der Waals surface area contributed by atoms with Crippen LogP contribution in [0, 0.1) is 5.92 Å². The summed E-state index contributed by atoms with van der Waals surface area (Å²) in [4.78, 5) is 15.1. The first kappa shape index (κ1) is 15.4. The molecular formula is C19H24N4O. The van der Waals surface area contributed by atoms with Gasteiger partial charge in [0.05, 0.1) is 12.0 Å². The first-order valence-electron chi connectivity index (χ1n) is 8.77. The molecule has 2 N–H and O–H groups in total. The Kier molecular flexibility index (Phi) is 4.36. The summed E-state index contributed by atoms with van der Waals surface area (Å²) >= 11 is 0. The van der Waals surface area contributed by atoms with Gasteiger partial charge < -0.3 is 9.47 Å². The highest BCUT2D eigenvalue weighted by Crippen LogP contribution is 2.29. The van der Waals surface area contributed by atoms with Crippen molar-refractivity contribution in [3.05, 3.63) is 60.4 Å². The highest BCUT2D eigenvalue weighted by molar-refractivity contribution is 5.80. The Bertz CT molecular complexity index is 662. The van der Waals surface area contributed by atoms with Crippen molar-refractivity contribution in [2.24, 2.45) is 5.92 Å². The molecule has 2 unspecified atom stereocenters. The lowest BCUT2D eigenvalue weighted by atomic mass is 9.92. The maximum absolute atomic E-state index is 13.0. The lowest BCUT2D eigenvalue weighted by Crippen LogP contribution is -2.44. The minimum absolute atomic E-state index is 0.0319. The van der Waals surface area contributed by atoms with Crippen LogP contribution in [-0.4, -0.2) is 35.0 Å². The molecule has 1 amide bonds. The molecule has 2 aliphatic heterocycles. The second-order valence-corrected chi connectivity index (χ2v) is 6.71. The van der Waals surface area contributed by atoms with Crippen molar-refractivity contribution >= 4 is 5.91 Å². The zero-order valence-corrected chi connectivity index (χ0v) is 13.8. The van der Waals surface area contributed by atoms with E-state index in [1.165, 1.54) is 5.56 Å². The molecule has 126 valence electrons. The Hall–Kier alpha value is -2.11. The SMILES string of the molecule is O=C(C1CNNC1c1ccccc1)N1CCC(n2cccc2)CC1. The number of amides is 1. The summed E-state index contributed by atoms with van der Waals surface area (Å²) in [6.07, 6.45) is 6.31. The van der Waals surface area contributed by atoms with Crippen LogP contribution >= 0.6 is 0 Å². The molecule has 2 saturated heterocycles. The van der Waals surface area contributed by atoms with Crippen molar-refractivity contribution in [2.45, 2.75) is 24.9 Å². The molecule has 24 heavy (non-hydrogen) atoms. The van der Waals surface area contributed by atoms with E-state index in [4.69, 9.17) is 0 Å². The van der Waals surface area contributed by atoms with Crippen molar-refractivity contribution in [1.82, 2.24) is 20.3 Å². The van der Waals surface area contributed by atoms with Crippen LogP contribution in [0.4, 0.5) is 0 Å². The second-order valence-electron chi connectivity index (χ2n) is 6.71. The van der Waals surface area contributed by atoms with Gasteiger partial charge in [-0.25, -0.2) is 5.43 Å². The number of carbonyl (C=O) groups excluding carboxylic acids is 1. The molecule has 0 aliphatic carbocycles. The molecule has 0 saturated carbocycles. The number of nitrogens with one attached hydrogen (secondary N) is 2. The maximum atomic E-state index is 13.0. The smallest absolute Gasteiger partial charge is 0.229 e. The molecule has 1 aromatic heterocycles. The highest BCUT2D eigenvalue weighted by Gasteiger charge is 2.37. The first-order chi connectivity index (χ1) is 11.8. The normalized spacial score (nSPS) is 25.1. The first-order valence-corrected chi connectivity index (χ1v) is 8.77. The molecule has 5 heteroatoms. The van der Waals surface area contributed by atoms with Crippen LogP contribution in [0.3, 0.4) is 0 Å². The Labute approximate surface area is 142 Å². The number of hydrogen-bond donors (Lipinski definition) is 2. The van der Waals surface area contributed by atoms with Gasteiger partial charge in [-0.15, -0.1) is 0 Å². The van der Waals surface area contributed by atoms with Crippen molar-refractivity contribution in [3.63, 3.8) is 0 Å². The summed E-state index contributed by atoms with van der Waals surface area (Å²) in [7, 11) is 0. The Balaban J connectivity index is 1.41. The van der Waals surface area contributed by atoms with Gasteiger partial charge in [0.1, 0.15) is 0 Å². The van der Waals surface area contributed by atoms with Gasteiger partial charge in [-0.3, -0.25) is 10.2 Å². The molecule has 0 bridgehead atoms. The lowest BCUT2D eigenvalue weighted by Gasteiger charge is -2.35. The van der Waals surface area contributed by atoms with Gasteiger partial charge in [0.15, 0.2) is 0 Å². The number of likely N-dealkylation sites (tertiary alicyclic amines) is 1. The highest BCUT2D eigenvalue weighted by atomic mass is 16.2. The molecule has 4 rings (SSSR count). The molecule has 1 aromatic carbocycles. The van der Waals surface area contributed by atoms with E-state index in [9.17, 15) is 4.79 Å². The summed E-state index contributed by atoms with van der Waals surface area (Å²) in [5, 5.41) is 0. The van der Waals surface area contributed by atoms with Crippen LogP contribution in [-0.2, 0) is 4.79 Å². The summed E-state index contributed by atoms with van der Waals surface area (Å²) in [5.74, 6) is 0.239. The number of nitrogens with zero attached hydrogens (tertiary/aromatic N) is 2. The zero-order valence-electron chi connectivity index (χ0n) is 13.8. The third-order valence-corrected chi connectivity index (χ3v) is 5.28. The number of hydrazine groups is 1. The fraction of sp³-hybridized carbons (Fsp3) is 0.421.